The van der Waals surface area contributed by atoms with Gasteiger partial charge in [-0.05, 0) is 23.8 Å². The van der Waals surface area contributed by atoms with Crippen LogP contribution in [0.5, 0.6) is 0 Å². The molecular formula is C17H14N4O3. The lowest BCUT2D eigenvalue weighted by molar-refractivity contribution is -0.139. The second-order valence-electron chi connectivity index (χ2n) is 5.01. The van der Waals surface area contributed by atoms with E-state index in [1.165, 1.54) is 10.7 Å². The number of nitrogens with zero attached hydrogens (tertiary/aromatic N) is 3. The topological polar surface area (TPSA) is 97.1 Å². The molecule has 3 rings (SSSR count). The van der Waals surface area contributed by atoms with Crippen molar-refractivity contribution in [3.05, 3.63) is 78.4 Å². The summed E-state index contributed by atoms with van der Waals surface area (Å²) in [5, 5.41) is 16.0. The van der Waals surface area contributed by atoms with Crippen molar-refractivity contribution in [2.75, 3.05) is 0 Å². The molecule has 0 aliphatic heterocycles. The molecule has 2 aromatic heterocycles. The summed E-state index contributed by atoms with van der Waals surface area (Å²) in [5.74, 6) is -1.70. The largest absolute Gasteiger partial charge is 0.479 e. The highest BCUT2D eigenvalue weighted by atomic mass is 16.4. The number of rotatable bonds is 5. The number of carbonyl (C=O) groups excluding carboxylic acids is 1. The summed E-state index contributed by atoms with van der Waals surface area (Å²) in [7, 11) is 0. The molecule has 0 fully saturated rings. The molecule has 2 N–H and O–H groups in total. The molecule has 1 amide bonds. The van der Waals surface area contributed by atoms with E-state index in [0.717, 1.165) is 0 Å². The Kier molecular flexibility index (Phi) is 4.33. The van der Waals surface area contributed by atoms with Crippen LogP contribution in [-0.2, 0) is 4.79 Å². The maximum absolute atomic E-state index is 12.3. The number of amides is 1. The summed E-state index contributed by atoms with van der Waals surface area (Å²) < 4.78 is 1.50. The highest BCUT2D eigenvalue weighted by molar-refractivity contribution is 5.95. The van der Waals surface area contributed by atoms with Crippen LogP contribution >= 0.6 is 0 Å². The predicted molar refractivity (Wildman–Crippen MR) is 85.6 cm³/mol. The number of carboxylic acids is 1. The van der Waals surface area contributed by atoms with Crippen LogP contribution in [0.4, 0.5) is 0 Å². The van der Waals surface area contributed by atoms with Crippen molar-refractivity contribution in [1.29, 1.82) is 0 Å². The van der Waals surface area contributed by atoms with Gasteiger partial charge in [-0.1, -0.05) is 30.3 Å². The van der Waals surface area contributed by atoms with Gasteiger partial charge in [-0.15, -0.1) is 0 Å². The van der Waals surface area contributed by atoms with Gasteiger partial charge < -0.3 is 10.4 Å². The molecule has 0 spiro atoms. The Hall–Kier alpha value is -3.48. The molecule has 1 unspecified atom stereocenters. The van der Waals surface area contributed by atoms with E-state index in [1.807, 2.05) is 0 Å². The van der Waals surface area contributed by atoms with Crippen molar-refractivity contribution in [2.24, 2.45) is 0 Å². The second kappa shape index (κ2) is 6.74. The van der Waals surface area contributed by atoms with Crippen LogP contribution < -0.4 is 5.32 Å². The van der Waals surface area contributed by atoms with E-state index in [9.17, 15) is 14.7 Å². The minimum atomic E-state index is -1.14. The van der Waals surface area contributed by atoms with E-state index in [2.05, 4.69) is 15.4 Å². The first-order chi connectivity index (χ1) is 11.6. The molecule has 0 aliphatic carbocycles. The van der Waals surface area contributed by atoms with Gasteiger partial charge in [0.15, 0.2) is 11.7 Å². The normalized spacial score (nSPS) is 11.7. The number of aromatic nitrogens is 3. The Morgan fingerprint density at radius 3 is 2.54 bits per heavy atom. The number of hydrogen-bond donors (Lipinski definition) is 2. The van der Waals surface area contributed by atoms with Crippen molar-refractivity contribution >= 4 is 11.9 Å². The van der Waals surface area contributed by atoms with Gasteiger partial charge in [0.1, 0.15) is 0 Å². The third kappa shape index (κ3) is 3.30. The molecule has 1 aromatic carbocycles. The van der Waals surface area contributed by atoms with Crippen molar-refractivity contribution in [2.45, 2.75) is 6.04 Å². The first-order valence-corrected chi connectivity index (χ1v) is 7.20. The van der Waals surface area contributed by atoms with E-state index < -0.39 is 17.9 Å². The lowest BCUT2D eigenvalue weighted by Gasteiger charge is -2.13. The lowest BCUT2D eigenvalue weighted by Crippen LogP contribution is -2.34. The summed E-state index contributed by atoms with van der Waals surface area (Å²) in [5.41, 5.74) is 1.32. The van der Waals surface area contributed by atoms with Gasteiger partial charge in [0.2, 0.25) is 0 Å². The van der Waals surface area contributed by atoms with Crippen molar-refractivity contribution < 1.29 is 14.7 Å². The molecule has 7 heteroatoms. The Bertz CT molecular complexity index is 847. The van der Waals surface area contributed by atoms with Gasteiger partial charge in [-0.2, -0.15) is 5.10 Å². The molecule has 0 bridgehead atoms. The van der Waals surface area contributed by atoms with Crippen LogP contribution in [0.1, 0.15) is 22.1 Å². The maximum Gasteiger partial charge on any atom is 0.330 e. The van der Waals surface area contributed by atoms with Gasteiger partial charge in [-0.25, -0.2) is 9.48 Å². The SMILES string of the molecule is O=C(NC(C(=O)O)c1ccccc1)c1ccn(-c2cccnc2)n1. The van der Waals surface area contributed by atoms with Crippen LogP contribution in [-0.4, -0.2) is 31.7 Å². The highest BCUT2D eigenvalue weighted by Gasteiger charge is 2.23. The van der Waals surface area contributed by atoms with Crippen LogP contribution in [0, 0.1) is 0 Å². The third-order valence-electron chi connectivity index (χ3n) is 3.39. The minimum absolute atomic E-state index is 0.126. The van der Waals surface area contributed by atoms with Crippen LogP contribution in [0.3, 0.4) is 0 Å². The van der Waals surface area contributed by atoms with Gasteiger partial charge in [0.05, 0.1) is 11.9 Å². The van der Waals surface area contributed by atoms with Gasteiger partial charge >= 0.3 is 5.97 Å². The summed E-state index contributed by atoms with van der Waals surface area (Å²) in [6, 6.07) is 12.4. The molecule has 7 nitrogen and oxygen atoms in total. The fraction of sp³-hybridized carbons (Fsp3) is 0.0588. The average molecular weight is 322 g/mol. The maximum atomic E-state index is 12.3. The molecular weight excluding hydrogens is 308 g/mol. The third-order valence-corrected chi connectivity index (χ3v) is 3.39. The fourth-order valence-electron chi connectivity index (χ4n) is 2.22. The van der Waals surface area contributed by atoms with Gasteiger partial charge in [0, 0.05) is 12.4 Å². The molecule has 24 heavy (non-hydrogen) atoms. The number of carbonyl (C=O) groups is 2. The predicted octanol–water partition coefficient (Wildman–Crippen LogP) is 1.82. The molecule has 0 aliphatic rings. The molecule has 120 valence electrons. The molecule has 0 radical (unpaired) electrons. The van der Waals surface area contributed by atoms with Crippen molar-refractivity contribution in [3.8, 4) is 5.69 Å². The first-order valence-electron chi connectivity index (χ1n) is 7.20. The smallest absolute Gasteiger partial charge is 0.330 e. The van der Waals surface area contributed by atoms with Gasteiger partial charge in [0.25, 0.3) is 5.91 Å². The number of nitrogens with one attached hydrogen (secondary N) is 1. The zero-order valence-corrected chi connectivity index (χ0v) is 12.5. The van der Waals surface area contributed by atoms with Crippen LogP contribution in [0.2, 0.25) is 0 Å². The number of benzene rings is 1. The average Bonchev–Trinajstić information content (AvgIpc) is 3.11. The highest BCUT2D eigenvalue weighted by Crippen LogP contribution is 2.14. The zero-order chi connectivity index (χ0) is 16.9. The zero-order valence-electron chi connectivity index (χ0n) is 12.5. The standard InChI is InChI=1S/C17H14N4O3/c22-16(19-15(17(23)24)12-5-2-1-3-6-12)14-8-10-21(20-14)13-7-4-9-18-11-13/h1-11,15H,(H,19,22)(H,23,24). The molecule has 0 saturated carbocycles. The van der Waals surface area contributed by atoms with Crippen LogP contribution in [0.25, 0.3) is 5.69 Å². The Balaban J connectivity index is 1.79. The summed E-state index contributed by atoms with van der Waals surface area (Å²) in [4.78, 5) is 27.7. The van der Waals surface area contributed by atoms with Crippen LogP contribution in [0.15, 0.2) is 67.1 Å². The van der Waals surface area contributed by atoms with Gasteiger partial charge in [-0.3, -0.25) is 9.78 Å². The Morgan fingerprint density at radius 1 is 1.08 bits per heavy atom. The number of carboxylic acid groups (broad SMARTS) is 1. The monoisotopic (exact) mass is 322 g/mol. The molecule has 3 aromatic rings. The number of pyridine rings is 1. The van der Waals surface area contributed by atoms with E-state index in [1.54, 1.807) is 61.1 Å². The van der Waals surface area contributed by atoms with Crippen molar-refractivity contribution in [1.82, 2.24) is 20.1 Å². The fourth-order valence-corrected chi connectivity index (χ4v) is 2.22. The molecule has 0 saturated heterocycles. The van der Waals surface area contributed by atoms with E-state index in [-0.39, 0.29) is 5.69 Å². The lowest BCUT2D eigenvalue weighted by atomic mass is 10.1. The van der Waals surface area contributed by atoms with E-state index in [0.29, 0.717) is 11.3 Å². The number of aliphatic carboxylic acids is 1. The van der Waals surface area contributed by atoms with E-state index in [4.69, 9.17) is 0 Å². The van der Waals surface area contributed by atoms with E-state index >= 15 is 0 Å². The molecule has 2 heterocycles. The Morgan fingerprint density at radius 2 is 1.88 bits per heavy atom. The quantitative estimate of drug-likeness (QED) is 0.747. The minimum Gasteiger partial charge on any atom is -0.479 e. The summed E-state index contributed by atoms with van der Waals surface area (Å²) in [6.07, 6.45) is 4.86. The Labute approximate surface area is 137 Å². The number of hydrogen-bond acceptors (Lipinski definition) is 4. The molecule has 1 atom stereocenters. The summed E-state index contributed by atoms with van der Waals surface area (Å²) in [6.45, 7) is 0. The van der Waals surface area contributed by atoms with Crippen molar-refractivity contribution in [3.63, 3.8) is 0 Å². The summed E-state index contributed by atoms with van der Waals surface area (Å²) >= 11 is 0. The second-order valence-corrected chi connectivity index (χ2v) is 5.01. The first kappa shape index (κ1) is 15.4.